The van der Waals surface area contributed by atoms with Crippen molar-refractivity contribution in [2.24, 2.45) is 0 Å². The Kier molecular flexibility index (Phi) is 3.60. The van der Waals surface area contributed by atoms with E-state index in [1.54, 1.807) is 17.5 Å². The van der Waals surface area contributed by atoms with Gasteiger partial charge in [-0.05, 0) is 31.9 Å². The van der Waals surface area contributed by atoms with Gasteiger partial charge >= 0.3 is 0 Å². The number of likely N-dealkylation sites (N-methyl/N-ethyl adjacent to an activating group) is 1. The zero-order valence-electron chi connectivity index (χ0n) is 13.3. The van der Waals surface area contributed by atoms with E-state index in [-0.39, 0.29) is 0 Å². The Labute approximate surface area is 138 Å². The number of imidazole rings is 1. The van der Waals surface area contributed by atoms with Crippen LogP contribution in [-0.2, 0) is 0 Å². The van der Waals surface area contributed by atoms with E-state index in [9.17, 15) is 0 Å². The van der Waals surface area contributed by atoms with Gasteiger partial charge in [0.05, 0.1) is 11.9 Å². The van der Waals surface area contributed by atoms with E-state index in [2.05, 4.69) is 37.1 Å². The summed E-state index contributed by atoms with van der Waals surface area (Å²) in [6.07, 6.45) is 6.04. The molecule has 23 heavy (non-hydrogen) atoms. The molecule has 3 aromatic heterocycles. The Morgan fingerprint density at radius 1 is 1.43 bits per heavy atom. The SMILES string of the molecule is Cc1cn2nc(N(C)C[C@@H]3CCCN3c3cccnn3)sc2n1. The molecule has 1 aliphatic rings. The molecule has 0 aromatic carbocycles. The maximum absolute atomic E-state index is 4.63. The van der Waals surface area contributed by atoms with Crippen LogP contribution in [0.4, 0.5) is 10.9 Å². The van der Waals surface area contributed by atoms with Gasteiger partial charge in [0, 0.05) is 32.4 Å². The minimum atomic E-state index is 0.439. The fourth-order valence-electron chi connectivity index (χ4n) is 3.12. The molecule has 0 saturated carbocycles. The van der Waals surface area contributed by atoms with Gasteiger partial charge < -0.3 is 9.80 Å². The average molecular weight is 329 g/mol. The summed E-state index contributed by atoms with van der Waals surface area (Å²) in [5.74, 6) is 0.966. The molecule has 0 spiro atoms. The molecular formula is C15H19N7S. The van der Waals surface area contributed by atoms with Gasteiger partial charge in [-0.25, -0.2) is 9.50 Å². The van der Waals surface area contributed by atoms with E-state index in [0.29, 0.717) is 6.04 Å². The molecule has 0 amide bonds. The summed E-state index contributed by atoms with van der Waals surface area (Å²) >= 11 is 1.63. The number of aryl methyl sites for hydroxylation is 1. The lowest BCUT2D eigenvalue weighted by atomic mass is 10.2. The Balaban J connectivity index is 1.50. The van der Waals surface area contributed by atoms with Crippen LogP contribution in [0, 0.1) is 6.92 Å². The van der Waals surface area contributed by atoms with Crippen LogP contribution in [0.5, 0.6) is 0 Å². The fraction of sp³-hybridized carbons (Fsp3) is 0.467. The van der Waals surface area contributed by atoms with Crippen LogP contribution in [0.2, 0.25) is 0 Å². The van der Waals surface area contributed by atoms with Crippen LogP contribution in [0.3, 0.4) is 0 Å². The van der Waals surface area contributed by atoms with E-state index in [1.165, 1.54) is 12.8 Å². The van der Waals surface area contributed by atoms with Gasteiger partial charge in [-0.1, -0.05) is 11.3 Å². The van der Waals surface area contributed by atoms with Crippen molar-refractivity contribution in [1.82, 2.24) is 24.8 Å². The van der Waals surface area contributed by atoms with E-state index in [4.69, 9.17) is 0 Å². The van der Waals surface area contributed by atoms with Crippen LogP contribution in [-0.4, -0.2) is 51.0 Å². The minimum Gasteiger partial charge on any atom is -0.350 e. The number of anilines is 2. The first kappa shape index (κ1) is 14.4. The van der Waals surface area contributed by atoms with E-state index in [0.717, 1.165) is 34.7 Å². The van der Waals surface area contributed by atoms with Gasteiger partial charge in [0.1, 0.15) is 0 Å². The predicted octanol–water partition coefficient (Wildman–Crippen LogP) is 1.99. The van der Waals surface area contributed by atoms with Gasteiger partial charge in [-0.2, -0.15) is 5.10 Å². The first-order valence-corrected chi connectivity index (χ1v) is 8.60. The second-order valence-corrected chi connectivity index (χ2v) is 6.88. The van der Waals surface area contributed by atoms with Crippen molar-refractivity contribution in [1.29, 1.82) is 0 Å². The third-order valence-electron chi connectivity index (χ3n) is 4.19. The normalized spacial score (nSPS) is 18.0. The zero-order chi connectivity index (χ0) is 15.8. The third-order valence-corrected chi connectivity index (χ3v) is 5.23. The number of fused-ring (bicyclic) bond motifs is 1. The van der Waals surface area contributed by atoms with Crippen molar-refractivity contribution in [3.63, 3.8) is 0 Å². The summed E-state index contributed by atoms with van der Waals surface area (Å²) in [7, 11) is 2.10. The lowest BCUT2D eigenvalue weighted by molar-refractivity contribution is 0.644. The highest BCUT2D eigenvalue weighted by Crippen LogP contribution is 2.27. The van der Waals surface area contributed by atoms with Crippen molar-refractivity contribution >= 4 is 27.2 Å². The van der Waals surface area contributed by atoms with Crippen LogP contribution < -0.4 is 9.80 Å². The summed E-state index contributed by atoms with van der Waals surface area (Å²) in [6, 6.07) is 4.42. The van der Waals surface area contributed by atoms with Crippen molar-refractivity contribution in [2.45, 2.75) is 25.8 Å². The molecule has 1 saturated heterocycles. The van der Waals surface area contributed by atoms with E-state index in [1.807, 2.05) is 29.8 Å². The average Bonchev–Trinajstić information content (AvgIpc) is 3.22. The first-order chi connectivity index (χ1) is 11.2. The van der Waals surface area contributed by atoms with Crippen LogP contribution in [0.15, 0.2) is 24.5 Å². The highest BCUT2D eigenvalue weighted by Gasteiger charge is 2.27. The number of rotatable bonds is 4. The third kappa shape index (κ3) is 2.74. The Morgan fingerprint density at radius 3 is 3.13 bits per heavy atom. The quantitative estimate of drug-likeness (QED) is 0.729. The smallest absolute Gasteiger partial charge is 0.214 e. The maximum atomic E-state index is 4.63. The molecule has 4 heterocycles. The highest BCUT2D eigenvalue weighted by molar-refractivity contribution is 7.20. The molecule has 120 valence electrons. The summed E-state index contributed by atoms with van der Waals surface area (Å²) in [6.45, 7) is 3.95. The van der Waals surface area contributed by atoms with Gasteiger partial charge in [-0.15, -0.1) is 10.2 Å². The lowest BCUT2D eigenvalue weighted by Crippen LogP contribution is -2.39. The van der Waals surface area contributed by atoms with Gasteiger partial charge in [-0.3, -0.25) is 0 Å². The Bertz CT molecular complexity index is 765. The molecule has 0 unspecified atom stereocenters. The maximum Gasteiger partial charge on any atom is 0.214 e. The van der Waals surface area contributed by atoms with E-state index >= 15 is 0 Å². The van der Waals surface area contributed by atoms with Crippen molar-refractivity contribution < 1.29 is 0 Å². The lowest BCUT2D eigenvalue weighted by Gasteiger charge is -2.28. The van der Waals surface area contributed by atoms with E-state index < -0.39 is 0 Å². The molecule has 3 aromatic rings. The molecule has 0 radical (unpaired) electrons. The summed E-state index contributed by atoms with van der Waals surface area (Å²) in [4.78, 5) is 9.99. The topological polar surface area (TPSA) is 62.5 Å². The first-order valence-electron chi connectivity index (χ1n) is 7.79. The second-order valence-electron chi connectivity index (χ2n) is 5.95. The second kappa shape index (κ2) is 5.77. The summed E-state index contributed by atoms with van der Waals surface area (Å²) < 4.78 is 1.86. The largest absolute Gasteiger partial charge is 0.350 e. The number of aromatic nitrogens is 5. The van der Waals surface area contributed by atoms with Gasteiger partial charge in [0.2, 0.25) is 10.1 Å². The van der Waals surface area contributed by atoms with Gasteiger partial charge in [0.25, 0.3) is 0 Å². The number of hydrogen-bond acceptors (Lipinski definition) is 7. The standard InChI is InChI=1S/C15H19N7S/c1-11-9-22-14(17-11)23-15(19-22)20(2)10-12-5-4-8-21(12)13-6-3-7-16-18-13/h3,6-7,9,12H,4-5,8,10H2,1-2H3/t12-/m0/s1. The summed E-state index contributed by atoms with van der Waals surface area (Å²) in [5.41, 5.74) is 1.00. The monoisotopic (exact) mass is 329 g/mol. The van der Waals surface area contributed by atoms with Gasteiger partial charge in [0.15, 0.2) is 5.82 Å². The molecule has 7 nitrogen and oxygen atoms in total. The van der Waals surface area contributed by atoms with Crippen LogP contribution >= 0.6 is 11.3 Å². The van der Waals surface area contributed by atoms with Crippen LogP contribution in [0.25, 0.3) is 4.96 Å². The molecule has 1 aliphatic heterocycles. The van der Waals surface area contributed by atoms with Crippen molar-refractivity contribution in [3.05, 3.63) is 30.2 Å². The van der Waals surface area contributed by atoms with Crippen LogP contribution in [0.1, 0.15) is 18.5 Å². The molecular weight excluding hydrogens is 310 g/mol. The predicted molar refractivity (Wildman–Crippen MR) is 91.3 cm³/mol. The highest BCUT2D eigenvalue weighted by atomic mass is 32.1. The minimum absolute atomic E-state index is 0.439. The Morgan fingerprint density at radius 2 is 2.35 bits per heavy atom. The summed E-state index contributed by atoms with van der Waals surface area (Å²) in [5, 5.41) is 13.9. The molecule has 0 N–H and O–H groups in total. The molecule has 0 aliphatic carbocycles. The molecule has 4 rings (SSSR count). The van der Waals surface area contributed by atoms with Crippen molar-refractivity contribution in [2.75, 3.05) is 29.9 Å². The Hall–Kier alpha value is -2.22. The number of hydrogen-bond donors (Lipinski definition) is 0. The molecule has 1 atom stereocenters. The molecule has 0 bridgehead atoms. The fourth-order valence-corrected chi connectivity index (χ4v) is 4.02. The number of nitrogens with zero attached hydrogens (tertiary/aromatic N) is 7. The molecule has 8 heteroatoms. The zero-order valence-corrected chi connectivity index (χ0v) is 14.1. The molecule has 1 fully saturated rings. The van der Waals surface area contributed by atoms with Crippen molar-refractivity contribution in [3.8, 4) is 0 Å².